The Morgan fingerprint density at radius 1 is 1.10 bits per heavy atom. The molecule has 29 heavy (non-hydrogen) atoms. The molecule has 0 aliphatic carbocycles. The summed E-state index contributed by atoms with van der Waals surface area (Å²) in [7, 11) is 0. The molecule has 2 fully saturated rings. The number of ketones is 1. The highest BCUT2D eigenvalue weighted by atomic mass is 35.5. The fourth-order valence-corrected chi connectivity index (χ4v) is 3.52. The van der Waals surface area contributed by atoms with E-state index in [-0.39, 0.29) is 43.0 Å². The average molecular weight is 447 g/mol. The van der Waals surface area contributed by atoms with Crippen molar-refractivity contribution in [3.63, 3.8) is 0 Å². The van der Waals surface area contributed by atoms with Gasteiger partial charge in [0.15, 0.2) is 5.78 Å². The number of hydrogen-bond donors (Lipinski definition) is 1. The molecule has 10 heteroatoms. The minimum absolute atomic E-state index is 0. The van der Waals surface area contributed by atoms with Gasteiger partial charge in [0.05, 0.1) is 19.1 Å². The van der Waals surface area contributed by atoms with E-state index in [0.717, 1.165) is 32.5 Å². The smallest absolute Gasteiger partial charge is 0.237 e. The lowest BCUT2D eigenvalue weighted by molar-refractivity contribution is -0.307. The molecular weight excluding hydrogens is 421 g/mol. The van der Waals surface area contributed by atoms with E-state index in [0.29, 0.717) is 30.4 Å². The summed E-state index contributed by atoms with van der Waals surface area (Å²) in [5.74, 6) is -1.12. The molecule has 0 aromatic heterocycles. The Balaban J connectivity index is 0.00000210. The number of carboxylic acids is 1. The number of carboxylic acid groups (broad SMARTS) is 1. The zero-order valence-corrected chi connectivity index (χ0v) is 17.6. The molecule has 8 nitrogen and oxygen atoms in total. The Morgan fingerprint density at radius 2 is 1.76 bits per heavy atom. The lowest BCUT2D eigenvalue weighted by Gasteiger charge is -2.40. The van der Waals surface area contributed by atoms with E-state index >= 15 is 0 Å². The van der Waals surface area contributed by atoms with Crippen LogP contribution in [0.3, 0.4) is 0 Å². The number of Topliss-reactive ketones (excluding diaryl/α,β-unsaturated/α-hetero) is 1. The third kappa shape index (κ3) is 7.15. The zero-order chi connectivity index (χ0) is 19.2. The molecule has 3 rings (SSSR count). The fourth-order valence-electron chi connectivity index (χ4n) is 3.52. The van der Waals surface area contributed by atoms with Crippen LogP contribution in [0.2, 0.25) is 0 Å². The third-order valence-corrected chi connectivity index (χ3v) is 5.04. The maximum absolute atomic E-state index is 12.5. The van der Waals surface area contributed by atoms with Crippen LogP contribution >= 0.6 is 24.8 Å². The van der Waals surface area contributed by atoms with Crippen molar-refractivity contribution in [2.75, 3.05) is 45.9 Å². The largest absolute Gasteiger partial charge is 0.546 e. The molecule has 0 saturated carbocycles. The van der Waals surface area contributed by atoms with Gasteiger partial charge in [0.1, 0.15) is 12.4 Å². The number of carbonyl (C=O) groups excluding carboxylic acids is 3. The van der Waals surface area contributed by atoms with Crippen molar-refractivity contribution >= 4 is 42.5 Å². The van der Waals surface area contributed by atoms with Gasteiger partial charge in [-0.05, 0) is 50.2 Å². The number of ether oxygens (including phenoxy) is 1. The number of nitrogens with one attached hydrogen (secondary N) is 1. The standard InChI is InChI=1S/C19H25N3O5.2ClH/c23-17(14-1-3-16(4-2-14)27-13-19(25)26)11-22-10-9-21(12-18(22)24)15-5-7-20-8-6-15;;/h1-4,15,20H,5-13H2,(H,25,26);2*1H/p-1. The van der Waals surface area contributed by atoms with E-state index in [2.05, 4.69) is 10.2 Å². The first kappa shape index (κ1) is 25.2. The van der Waals surface area contributed by atoms with Crippen LogP contribution in [0.25, 0.3) is 0 Å². The predicted octanol–water partition coefficient (Wildman–Crippen LogP) is -0.262. The third-order valence-electron chi connectivity index (χ3n) is 5.04. The maximum Gasteiger partial charge on any atom is 0.237 e. The van der Waals surface area contributed by atoms with Crippen LogP contribution in [0, 0.1) is 0 Å². The molecule has 1 aromatic rings. The summed E-state index contributed by atoms with van der Waals surface area (Å²) in [4.78, 5) is 39.1. The number of halogens is 2. The van der Waals surface area contributed by atoms with E-state index in [1.807, 2.05) is 0 Å². The molecule has 0 radical (unpaired) electrons. The molecule has 2 heterocycles. The maximum atomic E-state index is 12.5. The van der Waals surface area contributed by atoms with E-state index in [1.165, 1.54) is 12.1 Å². The van der Waals surface area contributed by atoms with Crippen molar-refractivity contribution < 1.29 is 24.2 Å². The molecule has 0 atom stereocenters. The molecule has 2 aliphatic heterocycles. The summed E-state index contributed by atoms with van der Waals surface area (Å²) in [6.45, 7) is 3.21. The number of piperazine rings is 1. The monoisotopic (exact) mass is 446 g/mol. The van der Waals surface area contributed by atoms with Crippen molar-refractivity contribution in [3.8, 4) is 5.75 Å². The van der Waals surface area contributed by atoms with Crippen molar-refractivity contribution in [1.29, 1.82) is 0 Å². The van der Waals surface area contributed by atoms with E-state index in [4.69, 9.17) is 4.74 Å². The Kier molecular flexibility index (Phi) is 10.4. The Hall–Kier alpha value is -1.87. The van der Waals surface area contributed by atoms with Gasteiger partial charge in [-0.25, -0.2) is 0 Å². The first-order valence-electron chi connectivity index (χ1n) is 9.21. The van der Waals surface area contributed by atoms with Gasteiger partial charge < -0.3 is 24.9 Å². The summed E-state index contributed by atoms with van der Waals surface area (Å²) in [5.41, 5.74) is 0.462. The highest BCUT2D eigenvalue weighted by Crippen LogP contribution is 2.16. The van der Waals surface area contributed by atoms with Gasteiger partial charge in [0.25, 0.3) is 0 Å². The van der Waals surface area contributed by atoms with Crippen molar-refractivity contribution in [3.05, 3.63) is 29.8 Å². The highest BCUT2D eigenvalue weighted by molar-refractivity contribution is 5.99. The molecule has 1 amide bonds. The molecule has 1 aromatic carbocycles. The molecule has 2 aliphatic rings. The SMILES string of the molecule is Cl.Cl.O=C([O-])COc1ccc(C(=O)CN2CCN(C3CCNCC3)CC2=O)cc1. The van der Waals surface area contributed by atoms with Gasteiger partial charge in [-0.3, -0.25) is 14.5 Å². The van der Waals surface area contributed by atoms with E-state index in [9.17, 15) is 19.5 Å². The lowest BCUT2D eigenvalue weighted by atomic mass is 10.0. The fraction of sp³-hybridized carbons (Fsp3) is 0.526. The Labute approximate surface area is 182 Å². The van der Waals surface area contributed by atoms with Crippen molar-refractivity contribution in [1.82, 2.24) is 15.1 Å². The zero-order valence-electron chi connectivity index (χ0n) is 16.0. The van der Waals surface area contributed by atoms with Crippen LogP contribution in [-0.2, 0) is 9.59 Å². The number of piperidine rings is 1. The second-order valence-electron chi connectivity index (χ2n) is 6.88. The molecule has 0 spiro atoms. The average Bonchev–Trinajstić information content (AvgIpc) is 2.69. The van der Waals surface area contributed by atoms with E-state index in [1.54, 1.807) is 17.0 Å². The highest BCUT2D eigenvalue weighted by Gasteiger charge is 2.30. The summed E-state index contributed by atoms with van der Waals surface area (Å²) in [6.07, 6.45) is 2.11. The van der Waals surface area contributed by atoms with Crippen LogP contribution in [0.15, 0.2) is 24.3 Å². The molecule has 0 unspecified atom stereocenters. The summed E-state index contributed by atoms with van der Waals surface area (Å²) < 4.78 is 4.99. The van der Waals surface area contributed by atoms with Gasteiger partial charge >= 0.3 is 0 Å². The number of benzene rings is 1. The predicted molar refractivity (Wildman–Crippen MR) is 110 cm³/mol. The number of carbonyl (C=O) groups is 3. The minimum atomic E-state index is -1.31. The van der Waals surface area contributed by atoms with Gasteiger partial charge in [-0.2, -0.15) is 0 Å². The second-order valence-corrected chi connectivity index (χ2v) is 6.88. The number of rotatable bonds is 7. The topological polar surface area (TPSA) is 102 Å². The quantitative estimate of drug-likeness (QED) is 0.575. The molecule has 0 bridgehead atoms. The first-order chi connectivity index (χ1) is 13.0. The van der Waals surface area contributed by atoms with Gasteiger partial charge in [-0.1, -0.05) is 0 Å². The molecule has 1 N–H and O–H groups in total. The van der Waals surface area contributed by atoms with Crippen LogP contribution in [0.4, 0.5) is 0 Å². The number of nitrogens with zero attached hydrogens (tertiary/aromatic N) is 2. The van der Waals surface area contributed by atoms with Crippen LogP contribution < -0.4 is 15.2 Å². The molecule has 162 valence electrons. The molecular formula is C19H26Cl2N3O5-. The normalized spacial score (nSPS) is 17.8. The van der Waals surface area contributed by atoms with Crippen LogP contribution in [0.5, 0.6) is 5.75 Å². The van der Waals surface area contributed by atoms with Crippen LogP contribution in [-0.4, -0.2) is 79.4 Å². The van der Waals surface area contributed by atoms with E-state index < -0.39 is 12.6 Å². The second kappa shape index (κ2) is 12.0. The van der Waals surface area contributed by atoms with Gasteiger partial charge in [0.2, 0.25) is 5.91 Å². The summed E-state index contributed by atoms with van der Waals surface area (Å²) in [6, 6.07) is 6.66. The summed E-state index contributed by atoms with van der Waals surface area (Å²) in [5, 5.41) is 13.7. The van der Waals surface area contributed by atoms with Gasteiger partial charge in [-0.15, -0.1) is 24.8 Å². The lowest BCUT2D eigenvalue weighted by Crippen LogP contribution is -2.56. The number of amides is 1. The van der Waals surface area contributed by atoms with Crippen molar-refractivity contribution in [2.45, 2.75) is 18.9 Å². The Bertz CT molecular complexity index is 696. The minimum Gasteiger partial charge on any atom is -0.546 e. The van der Waals surface area contributed by atoms with Crippen molar-refractivity contribution in [2.24, 2.45) is 0 Å². The number of aliphatic carboxylic acids is 1. The van der Waals surface area contributed by atoms with Gasteiger partial charge in [0, 0.05) is 24.7 Å². The Morgan fingerprint density at radius 3 is 2.34 bits per heavy atom. The summed E-state index contributed by atoms with van der Waals surface area (Å²) >= 11 is 0. The molecule has 2 saturated heterocycles. The van der Waals surface area contributed by atoms with Crippen LogP contribution in [0.1, 0.15) is 23.2 Å². The number of hydrogen-bond acceptors (Lipinski definition) is 7. The first-order valence-corrected chi connectivity index (χ1v) is 9.21.